The van der Waals surface area contributed by atoms with Crippen molar-refractivity contribution in [1.82, 2.24) is 0 Å². The van der Waals surface area contributed by atoms with Crippen LogP contribution in [-0.2, 0) is 67.3 Å². The van der Waals surface area contributed by atoms with E-state index in [0.717, 1.165) is 87.4 Å². The van der Waals surface area contributed by atoms with E-state index in [2.05, 4.69) is 105 Å². The zero-order valence-electron chi connectivity index (χ0n) is 47.7. The van der Waals surface area contributed by atoms with Crippen molar-refractivity contribution in [2.75, 3.05) is 120 Å². The topological polar surface area (TPSA) is 138 Å². The van der Waals surface area contributed by atoms with Crippen molar-refractivity contribution in [3.63, 3.8) is 0 Å². The van der Waals surface area contributed by atoms with Crippen LogP contribution in [0, 0.1) is 0 Å². The van der Waals surface area contributed by atoms with Crippen LogP contribution in [0.5, 0.6) is 0 Å². The van der Waals surface area contributed by atoms with Crippen LogP contribution in [0.4, 0.5) is 0 Å². The first-order chi connectivity index (χ1) is 32.0. The second-order valence-corrected chi connectivity index (χ2v) is 60.1. The molecule has 0 spiro atoms. The Morgan fingerprint density at radius 3 is 0.899 bits per heavy atom. The Morgan fingerprint density at radius 2 is 0.580 bits per heavy atom. The lowest BCUT2D eigenvalue weighted by Gasteiger charge is -2.52. The molecule has 414 valence electrons. The summed E-state index contributed by atoms with van der Waals surface area (Å²) in [5.41, 5.74) is 0. The summed E-state index contributed by atoms with van der Waals surface area (Å²) in [6, 6.07) is 7.85. The van der Waals surface area contributed by atoms with Gasteiger partial charge in [0.2, 0.25) is 0 Å². The molecule has 69 heavy (non-hydrogen) atoms. The fraction of sp³-hybridized carbons (Fsp3) is 1.00. The van der Waals surface area contributed by atoms with Gasteiger partial charge in [0.05, 0.1) is 85.5 Å². The summed E-state index contributed by atoms with van der Waals surface area (Å²) >= 11 is 0. The minimum Gasteiger partial charge on any atom is -0.456 e. The Labute approximate surface area is 432 Å². The highest BCUT2D eigenvalue weighted by Crippen LogP contribution is 2.42. The Kier molecular flexibility index (Phi) is 33.9. The van der Waals surface area contributed by atoms with Crippen LogP contribution in [0.3, 0.4) is 0 Å². The van der Waals surface area contributed by atoms with Crippen molar-refractivity contribution < 1.29 is 67.3 Å². The molecule has 15 nitrogen and oxygen atoms in total. The SMILES string of the molecule is CCCOCCOCCOC[Si](C)(C)O[Si](C)(C)CC[Si]1(C)O[Si](C)(CC[Si](C)(C)O[Si](C)(C)CCCOCCOCCOC)O[Si](C)(CC[Si](C)(C)O[Si](C)(C)CCCOCCOCCOC)O1. The summed E-state index contributed by atoms with van der Waals surface area (Å²) in [5.74, 6) is 0. The van der Waals surface area contributed by atoms with E-state index in [1.165, 1.54) is 0 Å². The number of methoxy groups -OCH3 is 2. The highest BCUT2D eigenvalue weighted by Gasteiger charge is 2.57. The van der Waals surface area contributed by atoms with Gasteiger partial charge >= 0.3 is 25.7 Å². The van der Waals surface area contributed by atoms with Gasteiger partial charge in [0, 0.05) is 34.0 Å². The van der Waals surface area contributed by atoms with E-state index < -0.39 is 75.6 Å². The third kappa shape index (κ3) is 35.3. The van der Waals surface area contributed by atoms with Crippen molar-refractivity contribution in [3.8, 4) is 0 Å². The summed E-state index contributed by atoms with van der Waals surface area (Å²) in [5, 5.41) is 0. The van der Waals surface area contributed by atoms with Crippen molar-refractivity contribution in [2.24, 2.45) is 0 Å². The van der Waals surface area contributed by atoms with Crippen LogP contribution in [0.1, 0.15) is 26.2 Å². The molecule has 0 amide bonds. The molecule has 0 aromatic rings. The molecule has 2 unspecified atom stereocenters. The molecule has 0 saturated carbocycles. The number of hydrogen-bond acceptors (Lipinski definition) is 15. The summed E-state index contributed by atoms with van der Waals surface area (Å²) < 4.78 is 93.9. The van der Waals surface area contributed by atoms with Gasteiger partial charge in [-0.1, -0.05) is 6.92 Å². The minimum atomic E-state index is -2.69. The summed E-state index contributed by atoms with van der Waals surface area (Å²) in [4.78, 5) is 0. The highest BCUT2D eigenvalue weighted by atomic mass is 28.5. The standard InChI is InChI=1S/C45H108O15Si9/c1-19-22-48-29-32-53-35-36-54-45-66(14,15)57-65(12,13)41-44-69(18)59-67(16,42-39-63(8,9)55-61(4,5)37-20-23-49-30-33-51-27-25-46-2)58-68(17,60-69)43-40-64(10,11)56-62(6,7)38-21-24-50-31-34-52-28-26-47-3/h19-45H2,1-18H3. The van der Waals surface area contributed by atoms with Gasteiger partial charge in [-0.05, 0) is 166 Å². The van der Waals surface area contributed by atoms with Crippen LogP contribution < -0.4 is 0 Å². The molecule has 1 aliphatic heterocycles. The van der Waals surface area contributed by atoms with Crippen LogP contribution in [0.2, 0.25) is 147 Å². The van der Waals surface area contributed by atoms with E-state index in [-0.39, 0.29) is 0 Å². The second kappa shape index (κ2) is 34.2. The van der Waals surface area contributed by atoms with Crippen molar-refractivity contribution in [1.29, 1.82) is 0 Å². The zero-order valence-corrected chi connectivity index (χ0v) is 56.7. The van der Waals surface area contributed by atoms with Crippen LogP contribution in [0.15, 0.2) is 0 Å². The molecule has 0 aromatic carbocycles. The Hall–Kier alpha value is 1.35. The van der Waals surface area contributed by atoms with E-state index in [9.17, 15) is 0 Å². The van der Waals surface area contributed by atoms with Crippen molar-refractivity contribution >= 4 is 75.6 Å². The fourth-order valence-corrected chi connectivity index (χ4v) is 59.4. The first-order valence-electron chi connectivity index (χ1n) is 26.3. The quantitative estimate of drug-likeness (QED) is 0.0422. The van der Waals surface area contributed by atoms with Crippen molar-refractivity contribution in [2.45, 2.75) is 173 Å². The Bertz CT molecular complexity index is 1160. The number of hydrogen-bond donors (Lipinski definition) is 0. The molecule has 0 aromatic heterocycles. The molecule has 1 aliphatic rings. The third-order valence-electron chi connectivity index (χ3n) is 11.8. The Morgan fingerprint density at radius 1 is 0.319 bits per heavy atom. The first-order valence-corrected chi connectivity index (χ1v) is 52.5. The molecular weight excluding hydrogens is 1030 g/mol. The molecule has 1 heterocycles. The van der Waals surface area contributed by atoms with E-state index in [4.69, 9.17) is 67.3 Å². The lowest BCUT2D eigenvalue weighted by atomic mass is 10.5. The predicted octanol–water partition coefficient (Wildman–Crippen LogP) is 10.7. The summed E-state index contributed by atoms with van der Waals surface area (Å²) in [7, 11) is -16.9. The summed E-state index contributed by atoms with van der Waals surface area (Å²) in [6.45, 7) is 46.7. The molecule has 0 radical (unpaired) electrons. The van der Waals surface area contributed by atoms with Crippen LogP contribution in [0.25, 0.3) is 0 Å². The first kappa shape index (κ1) is 68.4. The monoisotopic (exact) mass is 1140 g/mol. The van der Waals surface area contributed by atoms with Gasteiger partial charge in [-0.2, -0.15) is 0 Å². The van der Waals surface area contributed by atoms with Gasteiger partial charge in [0.1, 0.15) is 0 Å². The molecule has 1 fully saturated rings. The molecule has 24 heteroatoms. The molecule has 0 N–H and O–H groups in total. The molecule has 1 saturated heterocycles. The third-order valence-corrected chi connectivity index (χ3v) is 48.8. The second-order valence-electron chi connectivity index (χ2n) is 23.0. The number of rotatable bonds is 45. The van der Waals surface area contributed by atoms with E-state index in [1.54, 1.807) is 14.2 Å². The van der Waals surface area contributed by atoms with Gasteiger partial charge in [-0.3, -0.25) is 0 Å². The van der Waals surface area contributed by atoms with Gasteiger partial charge < -0.3 is 67.3 Å². The molecule has 2 atom stereocenters. The lowest BCUT2D eigenvalue weighted by Crippen LogP contribution is -2.68. The average molecular weight is 1140 g/mol. The van der Waals surface area contributed by atoms with Gasteiger partial charge in [-0.15, -0.1) is 0 Å². The highest BCUT2D eigenvalue weighted by molar-refractivity contribution is 6.96. The van der Waals surface area contributed by atoms with Crippen LogP contribution in [-0.4, -0.2) is 195 Å². The van der Waals surface area contributed by atoms with E-state index in [0.29, 0.717) is 85.5 Å². The molecule has 0 aliphatic carbocycles. The van der Waals surface area contributed by atoms with Crippen LogP contribution >= 0.6 is 0 Å². The van der Waals surface area contributed by atoms with E-state index in [1.807, 2.05) is 0 Å². The zero-order chi connectivity index (χ0) is 52.2. The number of ether oxygens (including phenoxy) is 9. The van der Waals surface area contributed by atoms with Crippen molar-refractivity contribution in [3.05, 3.63) is 0 Å². The average Bonchev–Trinajstić information content (AvgIpc) is 3.21. The van der Waals surface area contributed by atoms with Gasteiger partial charge in [0.15, 0.2) is 49.9 Å². The van der Waals surface area contributed by atoms with Gasteiger partial charge in [0.25, 0.3) is 0 Å². The fourth-order valence-electron chi connectivity index (χ4n) is 8.88. The molecular formula is C45H108O15Si9. The minimum absolute atomic E-state index is 0.562. The summed E-state index contributed by atoms with van der Waals surface area (Å²) in [6.07, 6.45) is 3.65. The maximum atomic E-state index is 7.39. The molecule has 0 bridgehead atoms. The Balaban J connectivity index is 3.05. The maximum absolute atomic E-state index is 7.39. The van der Waals surface area contributed by atoms with E-state index >= 15 is 0 Å². The lowest BCUT2D eigenvalue weighted by molar-refractivity contribution is 0.0204. The van der Waals surface area contributed by atoms with Gasteiger partial charge in [-0.25, -0.2) is 0 Å². The predicted molar refractivity (Wildman–Crippen MR) is 304 cm³/mol. The maximum Gasteiger partial charge on any atom is 0.317 e. The largest absolute Gasteiger partial charge is 0.456 e. The normalized spacial score (nSPS) is 21.1. The molecule has 1 rings (SSSR count). The smallest absolute Gasteiger partial charge is 0.317 e.